The third-order valence-corrected chi connectivity index (χ3v) is 4.22. The number of carbonyl (C=O) groups excluding carboxylic acids is 2. The minimum absolute atomic E-state index is 0.0157. The van der Waals surface area contributed by atoms with Crippen LogP contribution >= 0.6 is 0 Å². The van der Waals surface area contributed by atoms with Crippen molar-refractivity contribution in [3.8, 4) is 5.75 Å². The zero-order valence-corrected chi connectivity index (χ0v) is 15.8. The van der Waals surface area contributed by atoms with Crippen molar-refractivity contribution in [2.45, 2.75) is 27.2 Å². The maximum absolute atomic E-state index is 12.3. The molecular weight excluding hydrogens is 328 g/mol. The van der Waals surface area contributed by atoms with Gasteiger partial charge in [0.05, 0.1) is 7.11 Å². The topological polar surface area (TPSA) is 58.6 Å². The van der Waals surface area contributed by atoms with E-state index in [1.807, 2.05) is 56.3 Å². The molecule has 5 heteroatoms. The van der Waals surface area contributed by atoms with E-state index in [1.165, 1.54) is 11.8 Å². The van der Waals surface area contributed by atoms with Crippen LogP contribution in [0.1, 0.15) is 23.6 Å². The zero-order chi connectivity index (χ0) is 19.1. The van der Waals surface area contributed by atoms with Gasteiger partial charge in [0, 0.05) is 19.2 Å². The van der Waals surface area contributed by atoms with E-state index < -0.39 is 0 Å². The lowest BCUT2D eigenvalue weighted by atomic mass is 10.1. The quantitative estimate of drug-likeness (QED) is 0.831. The van der Waals surface area contributed by atoms with Crippen molar-refractivity contribution >= 4 is 17.5 Å². The Labute approximate surface area is 155 Å². The van der Waals surface area contributed by atoms with E-state index >= 15 is 0 Å². The highest BCUT2D eigenvalue weighted by molar-refractivity contribution is 5.98. The number of aryl methyl sites for hydroxylation is 2. The lowest BCUT2D eigenvalue weighted by Gasteiger charge is -2.23. The SMILES string of the molecule is COc1ccc(CCNC(=O)CN(C(C)=O)c2ccc(C)cc2C)cc1. The molecule has 0 atom stereocenters. The van der Waals surface area contributed by atoms with Gasteiger partial charge in [-0.05, 0) is 49.6 Å². The molecule has 5 nitrogen and oxygen atoms in total. The van der Waals surface area contributed by atoms with Crippen LogP contribution in [0.5, 0.6) is 5.75 Å². The number of ether oxygens (including phenoxy) is 1. The molecular formula is C21H26N2O3. The highest BCUT2D eigenvalue weighted by Gasteiger charge is 2.17. The van der Waals surface area contributed by atoms with Gasteiger partial charge in [-0.15, -0.1) is 0 Å². The van der Waals surface area contributed by atoms with Crippen LogP contribution < -0.4 is 15.0 Å². The summed E-state index contributed by atoms with van der Waals surface area (Å²) in [5.74, 6) is 0.485. The molecule has 1 N–H and O–H groups in total. The van der Waals surface area contributed by atoms with Gasteiger partial charge in [0.1, 0.15) is 12.3 Å². The molecule has 0 aromatic heterocycles. The summed E-state index contributed by atoms with van der Waals surface area (Å²) in [5, 5.41) is 2.88. The van der Waals surface area contributed by atoms with Gasteiger partial charge in [-0.1, -0.05) is 29.8 Å². The fourth-order valence-corrected chi connectivity index (χ4v) is 2.81. The Bertz CT molecular complexity index is 769. The predicted octanol–water partition coefficient (Wildman–Crippen LogP) is 3.02. The molecule has 26 heavy (non-hydrogen) atoms. The van der Waals surface area contributed by atoms with Crippen molar-refractivity contribution in [3.05, 3.63) is 59.2 Å². The molecule has 2 aromatic rings. The summed E-state index contributed by atoms with van der Waals surface area (Å²) in [6.07, 6.45) is 0.722. The Morgan fingerprint density at radius 1 is 1.08 bits per heavy atom. The molecule has 138 valence electrons. The van der Waals surface area contributed by atoms with Crippen LogP contribution in [0, 0.1) is 13.8 Å². The number of amides is 2. The average molecular weight is 354 g/mol. The molecule has 2 amide bonds. The molecule has 2 aromatic carbocycles. The number of anilines is 1. The van der Waals surface area contributed by atoms with Gasteiger partial charge in [-0.2, -0.15) is 0 Å². The van der Waals surface area contributed by atoms with Crippen molar-refractivity contribution < 1.29 is 14.3 Å². The summed E-state index contributed by atoms with van der Waals surface area (Å²) >= 11 is 0. The summed E-state index contributed by atoms with van der Waals surface area (Å²) < 4.78 is 5.13. The van der Waals surface area contributed by atoms with Gasteiger partial charge >= 0.3 is 0 Å². The van der Waals surface area contributed by atoms with Crippen molar-refractivity contribution in [1.29, 1.82) is 0 Å². The van der Waals surface area contributed by atoms with Gasteiger partial charge in [-0.3, -0.25) is 9.59 Å². The second-order valence-corrected chi connectivity index (χ2v) is 6.34. The minimum atomic E-state index is -0.173. The average Bonchev–Trinajstić information content (AvgIpc) is 2.60. The molecule has 0 aliphatic carbocycles. The van der Waals surface area contributed by atoms with Gasteiger partial charge < -0.3 is 15.0 Å². The molecule has 0 saturated carbocycles. The van der Waals surface area contributed by atoms with Gasteiger partial charge in [0.2, 0.25) is 11.8 Å². The van der Waals surface area contributed by atoms with Crippen LogP contribution in [0.25, 0.3) is 0 Å². The van der Waals surface area contributed by atoms with Crippen molar-refractivity contribution in [2.75, 3.05) is 25.1 Å². The molecule has 0 radical (unpaired) electrons. The Balaban J connectivity index is 1.92. The van der Waals surface area contributed by atoms with Crippen molar-refractivity contribution in [2.24, 2.45) is 0 Å². The Hall–Kier alpha value is -2.82. The van der Waals surface area contributed by atoms with E-state index in [9.17, 15) is 9.59 Å². The van der Waals surface area contributed by atoms with Crippen LogP contribution in [0.2, 0.25) is 0 Å². The number of nitrogens with one attached hydrogen (secondary N) is 1. The molecule has 0 saturated heterocycles. The summed E-state index contributed by atoms with van der Waals surface area (Å²) in [6, 6.07) is 13.6. The van der Waals surface area contributed by atoms with Gasteiger partial charge in [0.15, 0.2) is 0 Å². The number of hydrogen-bond acceptors (Lipinski definition) is 3. The van der Waals surface area contributed by atoms with Crippen molar-refractivity contribution in [1.82, 2.24) is 5.32 Å². The molecule has 0 unspecified atom stereocenters. The van der Waals surface area contributed by atoms with Gasteiger partial charge in [0.25, 0.3) is 0 Å². The number of nitrogens with zero attached hydrogens (tertiary/aromatic N) is 1. The van der Waals surface area contributed by atoms with E-state index in [2.05, 4.69) is 5.32 Å². The predicted molar refractivity (Wildman–Crippen MR) is 104 cm³/mol. The molecule has 0 aliphatic rings. The maximum Gasteiger partial charge on any atom is 0.240 e. The first kappa shape index (κ1) is 19.5. The molecule has 2 rings (SSSR count). The van der Waals surface area contributed by atoms with Crippen LogP contribution in [0.3, 0.4) is 0 Å². The minimum Gasteiger partial charge on any atom is -0.497 e. The summed E-state index contributed by atoms with van der Waals surface area (Å²) in [6.45, 7) is 5.95. The summed E-state index contributed by atoms with van der Waals surface area (Å²) in [5.41, 5.74) is 3.99. The summed E-state index contributed by atoms with van der Waals surface area (Å²) in [7, 11) is 1.63. The Morgan fingerprint density at radius 3 is 2.35 bits per heavy atom. The molecule has 0 heterocycles. The molecule has 0 bridgehead atoms. The number of rotatable bonds is 7. The number of carbonyl (C=O) groups is 2. The third kappa shape index (κ3) is 5.34. The van der Waals surface area contributed by atoms with E-state index in [0.717, 1.165) is 34.5 Å². The zero-order valence-electron chi connectivity index (χ0n) is 15.8. The number of benzene rings is 2. The highest BCUT2D eigenvalue weighted by Crippen LogP contribution is 2.21. The monoisotopic (exact) mass is 354 g/mol. The van der Waals surface area contributed by atoms with Gasteiger partial charge in [-0.25, -0.2) is 0 Å². The van der Waals surface area contributed by atoms with Crippen LogP contribution in [-0.4, -0.2) is 32.0 Å². The Kier molecular flexibility index (Phi) is 6.78. The van der Waals surface area contributed by atoms with E-state index in [4.69, 9.17) is 4.74 Å². The van der Waals surface area contributed by atoms with Crippen molar-refractivity contribution in [3.63, 3.8) is 0 Å². The Morgan fingerprint density at radius 2 is 1.77 bits per heavy atom. The van der Waals surface area contributed by atoms with Crippen LogP contribution in [0.15, 0.2) is 42.5 Å². The van der Waals surface area contributed by atoms with E-state index in [1.54, 1.807) is 7.11 Å². The number of hydrogen-bond donors (Lipinski definition) is 1. The lowest BCUT2D eigenvalue weighted by Crippen LogP contribution is -2.40. The smallest absolute Gasteiger partial charge is 0.240 e. The second kappa shape index (κ2) is 9.04. The number of methoxy groups -OCH3 is 1. The highest BCUT2D eigenvalue weighted by atomic mass is 16.5. The molecule has 0 aliphatic heterocycles. The van der Waals surface area contributed by atoms with Crippen LogP contribution in [0.4, 0.5) is 5.69 Å². The normalized spacial score (nSPS) is 10.3. The third-order valence-electron chi connectivity index (χ3n) is 4.22. The molecule has 0 spiro atoms. The summed E-state index contributed by atoms with van der Waals surface area (Å²) in [4.78, 5) is 25.8. The lowest BCUT2D eigenvalue weighted by molar-refractivity contribution is -0.123. The second-order valence-electron chi connectivity index (χ2n) is 6.34. The van der Waals surface area contributed by atoms with Crippen LogP contribution in [-0.2, 0) is 16.0 Å². The first-order valence-corrected chi connectivity index (χ1v) is 8.65. The first-order chi connectivity index (χ1) is 12.4. The fourth-order valence-electron chi connectivity index (χ4n) is 2.81. The first-order valence-electron chi connectivity index (χ1n) is 8.65. The van der Waals surface area contributed by atoms with E-state index in [-0.39, 0.29) is 18.4 Å². The largest absolute Gasteiger partial charge is 0.497 e. The maximum atomic E-state index is 12.3. The fraction of sp³-hybridized carbons (Fsp3) is 0.333. The molecule has 0 fully saturated rings. The standard InChI is InChI=1S/C21H26N2O3/c1-15-5-10-20(16(2)13-15)23(17(3)24)14-21(25)22-12-11-18-6-8-19(26-4)9-7-18/h5-10,13H,11-12,14H2,1-4H3,(H,22,25). The van der Waals surface area contributed by atoms with E-state index in [0.29, 0.717) is 6.54 Å².